The van der Waals surface area contributed by atoms with Crippen LogP contribution in [0.3, 0.4) is 0 Å². The maximum atomic E-state index is 13.3. The van der Waals surface area contributed by atoms with Crippen LogP contribution < -0.4 is 15.5 Å². The van der Waals surface area contributed by atoms with Crippen LogP contribution in [0.15, 0.2) is 103 Å². The van der Waals surface area contributed by atoms with Crippen LogP contribution in [0.25, 0.3) is 11.1 Å². The number of aliphatic hydroxyl groups excluding tert-OH is 1. The first kappa shape index (κ1) is 37.3. The van der Waals surface area contributed by atoms with Gasteiger partial charge >= 0.3 is 5.97 Å². The number of amides is 2. The minimum atomic E-state index is -0.862. The second-order valence-electron chi connectivity index (χ2n) is 14.4. The topological polar surface area (TPSA) is 130 Å². The molecule has 4 aromatic carbocycles. The number of aliphatic hydroxyl groups is 1. The summed E-state index contributed by atoms with van der Waals surface area (Å²) in [6, 6.07) is 34.2. The van der Waals surface area contributed by atoms with E-state index >= 15 is 0 Å². The molecule has 11 nitrogen and oxygen atoms in total. The Kier molecular flexibility index (Phi) is 11.4. The number of likely N-dealkylation sites (tertiary alicyclic amines) is 1. The molecule has 0 bridgehead atoms. The number of nitrogens with zero attached hydrogens (tertiary/aromatic N) is 2. The number of carbonyl (C=O) groups excluding carboxylic acids is 3. The van der Waals surface area contributed by atoms with Crippen LogP contribution in [0.1, 0.15) is 67.8 Å². The average molecular weight is 733 g/mol. The first-order valence-corrected chi connectivity index (χ1v) is 18.7. The van der Waals surface area contributed by atoms with Crippen LogP contribution in [0.5, 0.6) is 0 Å². The average Bonchev–Trinajstić information content (AvgIpc) is 3.52. The molecule has 3 aliphatic heterocycles. The largest absolute Gasteiger partial charge is 0.453 e. The maximum absolute atomic E-state index is 13.3. The van der Waals surface area contributed by atoms with E-state index in [-0.39, 0.29) is 30.6 Å². The van der Waals surface area contributed by atoms with Crippen LogP contribution in [-0.4, -0.2) is 71.8 Å². The molecule has 3 aliphatic rings. The SMILES string of the molecule is CC(=O)O[C@@H](C)C(=O)NCc1cccc(-c2ccc([C@@H]3O[C@H](CN4CCC5(CC4)C(=O)NCN5c4ccccc4)C[C@H](c4ccc(CO)cc4)O3)cc2)c1. The molecular weight excluding hydrogens is 684 g/mol. The van der Waals surface area contributed by atoms with Crippen molar-refractivity contribution in [1.82, 2.24) is 15.5 Å². The zero-order chi connectivity index (χ0) is 37.7. The highest BCUT2D eigenvalue weighted by molar-refractivity contribution is 5.93. The molecule has 0 unspecified atom stereocenters. The molecule has 3 heterocycles. The summed E-state index contributed by atoms with van der Waals surface area (Å²) in [4.78, 5) is 41.5. The maximum Gasteiger partial charge on any atom is 0.303 e. The minimum absolute atomic E-state index is 0.0183. The fourth-order valence-corrected chi connectivity index (χ4v) is 7.79. The summed E-state index contributed by atoms with van der Waals surface area (Å²) >= 11 is 0. The summed E-state index contributed by atoms with van der Waals surface area (Å²) in [6.07, 6.45) is 0.365. The Balaban J connectivity index is 1.03. The Morgan fingerprint density at radius 3 is 2.33 bits per heavy atom. The molecular formula is C43H48N4O7. The summed E-state index contributed by atoms with van der Waals surface area (Å²) < 4.78 is 18.3. The van der Waals surface area contributed by atoms with Gasteiger partial charge in [-0.25, -0.2) is 0 Å². The Morgan fingerprint density at radius 2 is 1.63 bits per heavy atom. The van der Waals surface area contributed by atoms with Crippen molar-refractivity contribution in [3.8, 4) is 11.1 Å². The highest BCUT2D eigenvalue weighted by Crippen LogP contribution is 2.40. The number of hydrogen-bond donors (Lipinski definition) is 3. The Labute approximate surface area is 316 Å². The van der Waals surface area contributed by atoms with Crippen LogP contribution in [-0.2, 0) is 41.7 Å². The Morgan fingerprint density at radius 1 is 0.907 bits per heavy atom. The van der Waals surface area contributed by atoms with Crippen LogP contribution in [0, 0.1) is 0 Å². The summed E-state index contributed by atoms with van der Waals surface area (Å²) in [7, 11) is 0. The highest BCUT2D eigenvalue weighted by Gasteiger charge is 2.50. The molecule has 11 heteroatoms. The molecule has 0 radical (unpaired) electrons. The molecule has 54 heavy (non-hydrogen) atoms. The van der Waals surface area contributed by atoms with Crippen LogP contribution in [0.4, 0.5) is 5.69 Å². The normalized spacial score (nSPS) is 21.7. The zero-order valence-corrected chi connectivity index (χ0v) is 30.8. The van der Waals surface area contributed by atoms with Gasteiger partial charge in [-0.3, -0.25) is 14.4 Å². The van der Waals surface area contributed by atoms with Crippen LogP contribution in [0.2, 0.25) is 0 Å². The van der Waals surface area contributed by atoms with Crippen molar-refractivity contribution in [2.45, 2.75) is 76.4 Å². The van der Waals surface area contributed by atoms with Crippen molar-refractivity contribution in [3.05, 3.63) is 125 Å². The number of hydrogen-bond acceptors (Lipinski definition) is 9. The number of carbonyl (C=O) groups is 3. The fraction of sp³-hybridized carbons (Fsp3) is 0.372. The highest BCUT2D eigenvalue weighted by atomic mass is 16.7. The second kappa shape index (κ2) is 16.5. The third-order valence-electron chi connectivity index (χ3n) is 10.8. The summed E-state index contributed by atoms with van der Waals surface area (Å²) in [5, 5.41) is 15.6. The molecule has 0 aromatic heterocycles. The van der Waals surface area contributed by atoms with Gasteiger partial charge in [0.2, 0.25) is 5.91 Å². The van der Waals surface area contributed by atoms with Crippen molar-refractivity contribution >= 4 is 23.5 Å². The molecule has 7 rings (SSSR count). The monoisotopic (exact) mass is 732 g/mol. The molecule has 4 aromatic rings. The van der Waals surface area contributed by atoms with E-state index in [1.54, 1.807) is 6.92 Å². The number of benzene rings is 4. The Bertz CT molecular complexity index is 1910. The summed E-state index contributed by atoms with van der Waals surface area (Å²) in [5.74, 6) is -0.748. The number of para-hydroxylation sites is 1. The van der Waals surface area contributed by atoms with Crippen molar-refractivity contribution in [2.75, 3.05) is 31.2 Å². The fourth-order valence-electron chi connectivity index (χ4n) is 7.79. The van der Waals surface area contributed by atoms with E-state index < -0.39 is 23.9 Å². The van der Waals surface area contributed by atoms with E-state index in [0.29, 0.717) is 19.6 Å². The van der Waals surface area contributed by atoms with E-state index in [0.717, 1.165) is 71.5 Å². The number of piperidine rings is 1. The molecule has 4 atom stereocenters. The molecule has 3 fully saturated rings. The number of rotatable bonds is 11. The van der Waals surface area contributed by atoms with Gasteiger partial charge in [-0.05, 0) is 65.8 Å². The summed E-state index contributed by atoms with van der Waals surface area (Å²) in [5.41, 5.74) is 6.22. The van der Waals surface area contributed by atoms with Gasteiger partial charge in [0.05, 0.1) is 25.5 Å². The lowest BCUT2D eigenvalue weighted by molar-refractivity contribution is -0.253. The second-order valence-corrected chi connectivity index (χ2v) is 14.4. The molecule has 1 spiro atoms. The van der Waals surface area contributed by atoms with Crippen molar-refractivity contribution in [3.63, 3.8) is 0 Å². The van der Waals surface area contributed by atoms with Crippen molar-refractivity contribution in [1.29, 1.82) is 0 Å². The van der Waals surface area contributed by atoms with Gasteiger partial charge in [0, 0.05) is 50.8 Å². The van der Waals surface area contributed by atoms with Gasteiger partial charge in [-0.15, -0.1) is 0 Å². The molecule has 2 amide bonds. The standard InChI is InChI=1S/C43H48N4O7/c1-29(52-30(2)49)40(50)44-25-32-7-6-8-36(23-32)33-15-17-35(18-16-33)41-53-38(24-39(54-41)34-13-11-31(27-48)12-14-34)26-46-21-19-43(20-22-46)42(51)45-28-47(43)37-9-4-3-5-10-37/h3-18,23,29,38-39,41,48H,19-22,24-28H2,1-2H3,(H,44,50)(H,45,51)/t29-,38-,39+,41+/m0/s1. The van der Waals surface area contributed by atoms with Gasteiger partial charge in [0.1, 0.15) is 5.54 Å². The van der Waals surface area contributed by atoms with Gasteiger partial charge in [-0.2, -0.15) is 0 Å². The minimum Gasteiger partial charge on any atom is -0.453 e. The van der Waals surface area contributed by atoms with Gasteiger partial charge in [-0.1, -0.05) is 84.9 Å². The molecule has 3 saturated heterocycles. The van der Waals surface area contributed by atoms with E-state index in [4.69, 9.17) is 14.2 Å². The number of esters is 1. The first-order valence-electron chi connectivity index (χ1n) is 18.7. The molecule has 0 aliphatic carbocycles. The van der Waals surface area contributed by atoms with E-state index in [2.05, 4.69) is 32.6 Å². The number of anilines is 1. The lowest BCUT2D eigenvalue weighted by Gasteiger charge is -2.45. The lowest BCUT2D eigenvalue weighted by Crippen LogP contribution is -2.57. The smallest absolute Gasteiger partial charge is 0.303 e. The predicted octanol–water partition coefficient (Wildman–Crippen LogP) is 5.39. The third-order valence-corrected chi connectivity index (χ3v) is 10.8. The van der Waals surface area contributed by atoms with Gasteiger partial charge in [0.25, 0.3) is 5.91 Å². The van der Waals surface area contributed by atoms with E-state index in [1.807, 2.05) is 91.0 Å². The molecule has 3 N–H and O–H groups in total. The van der Waals surface area contributed by atoms with Crippen molar-refractivity contribution < 1.29 is 33.7 Å². The van der Waals surface area contributed by atoms with Gasteiger partial charge < -0.3 is 39.8 Å². The first-order chi connectivity index (χ1) is 26.2. The predicted molar refractivity (Wildman–Crippen MR) is 204 cm³/mol. The molecule has 0 saturated carbocycles. The zero-order valence-electron chi connectivity index (χ0n) is 30.8. The summed E-state index contributed by atoms with van der Waals surface area (Å²) in [6.45, 7) is 5.91. The lowest BCUT2D eigenvalue weighted by atomic mass is 9.85. The number of nitrogens with one attached hydrogen (secondary N) is 2. The van der Waals surface area contributed by atoms with E-state index in [9.17, 15) is 19.5 Å². The van der Waals surface area contributed by atoms with E-state index in [1.165, 1.54) is 6.92 Å². The Hall–Kier alpha value is -5.07. The van der Waals surface area contributed by atoms with Crippen molar-refractivity contribution in [2.24, 2.45) is 0 Å². The quantitative estimate of drug-likeness (QED) is 0.174. The third kappa shape index (κ3) is 8.34. The van der Waals surface area contributed by atoms with Crippen LogP contribution >= 0.6 is 0 Å². The molecule has 282 valence electrons. The van der Waals surface area contributed by atoms with Gasteiger partial charge in [0.15, 0.2) is 12.4 Å². The number of ether oxygens (including phenoxy) is 3.